The molecule has 5 nitrogen and oxygen atoms in total. The number of benzene rings is 1. The van der Waals surface area contributed by atoms with E-state index in [0.717, 1.165) is 16.1 Å². The molecular formula is C17H16N2O3S. The van der Waals surface area contributed by atoms with Crippen molar-refractivity contribution in [3.8, 4) is 11.1 Å². The summed E-state index contributed by atoms with van der Waals surface area (Å²) in [5.74, 6) is -0.991. The van der Waals surface area contributed by atoms with Gasteiger partial charge >= 0.3 is 5.97 Å². The number of morpholine rings is 1. The van der Waals surface area contributed by atoms with Crippen LogP contribution in [0.3, 0.4) is 0 Å². The Bertz CT molecular complexity index is 768. The van der Waals surface area contributed by atoms with E-state index in [4.69, 9.17) is 11.3 Å². The third-order valence-electron chi connectivity index (χ3n) is 3.81. The van der Waals surface area contributed by atoms with E-state index >= 15 is 0 Å². The molecule has 1 aromatic carbocycles. The third kappa shape index (κ3) is 2.93. The highest BCUT2D eigenvalue weighted by molar-refractivity contribution is 7.19. The van der Waals surface area contributed by atoms with Crippen molar-refractivity contribution in [1.82, 2.24) is 0 Å². The number of nitrogens with zero attached hydrogens (tertiary/aromatic N) is 2. The van der Waals surface area contributed by atoms with Crippen LogP contribution < -0.4 is 4.90 Å². The topological polar surface area (TPSA) is 54.1 Å². The molecule has 0 aliphatic carbocycles. The van der Waals surface area contributed by atoms with E-state index in [-0.39, 0.29) is 4.88 Å². The maximum absolute atomic E-state index is 11.7. The molecule has 1 saturated heterocycles. The molecule has 118 valence electrons. The lowest BCUT2D eigenvalue weighted by Crippen LogP contribution is -2.35. The first-order valence-corrected chi connectivity index (χ1v) is 8.10. The number of carboxylic acid groups (broad SMARTS) is 1. The summed E-state index contributed by atoms with van der Waals surface area (Å²) in [7, 11) is 0. The van der Waals surface area contributed by atoms with Gasteiger partial charge in [-0.05, 0) is 12.5 Å². The molecule has 0 saturated carbocycles. The molecule has 1 aliphatic heterocycles. The van der Waals surface area contributed by atoms with Crippen molar-refractivity contribution in [2.24, 2.45) is 0 Å². The average Bonchev–Trinajstić information content (AvgIpc) is 2.96. The van der Waals surface area contributed by atoms with Gasteiger partial charge in [0, 0.05) is 18.7 Å². The molecule has 0 spiro atoms. The summed E-state index contributed by atoms with van der Waals surface area (Å²) in [5.41, 5.74) is 2.82. The van der Waals surface area contributed by atoms with Gasteiger partial charge in [0.2, 0.25) is 5.69 Å². The van der Waals surface area contributed by atoms with E-state index in [2.05, 4.69) is 4.85 Å². The van der Waals surface area contributed by atoms with Gasteiger partial charge in [-0.1, -0.05) is 29.8 Å². The molecule has 0 unspecified atom stereocenters. The van der Waals surface area contributed by atoms with Crippen LogP contribution >= 0.6 is 11.3 Å². The van der Waals surface area contributed by atoms with Crippen LogP contribution in [0.5, 0.6) is 0 Å². The number of ether oxygens (including phenoxy) is 1. The monoisotopic (exact) mass is 328 g/mol. The van der Waals surface area contributed by atoms with Gasteiger partial charge in [0.05, 0.1) is 24.8 Å². The van der Waals surface area contributed by atoms with Crippen LogP contribution in [-0.2, 0) is 4.74 Å². The number of thiophene rings is 1. The number of carbonyl (C=O) groups is 1. The Hall–Kier alpha value is -2.36. The minimum Gasteiger partial charge on any atom is -0.477 e. The second-order valence-electron chi connectivity index (χ2n) is 5.34. The highest BCUT2D eigenvalue weighted by Crippen LogP contribution is 2.48. The molecule has 2 heterocycles. The Morgan fingerprint density at radius 2 is 1.96 bits per heavy atom. The normalized spacial score (nSPS) is 14.5. The lowest BCUT2D eigenvalue weighted by molar-refractivity contribution is 0.0703. The summed E-state index contributed by atoms with van der Waals surface area (Å²) in [4.78, 5) is 17.6. The number of hydrogen-bond donors (Lipinski definition) is 1. The zero-order chi connectivity index (χ0) is 16.4. The molecule has 6 heteroatoms. The Balaban J connectivity index is 2.16. The van der Waals surface area contributed by atoms with Gasteiger partial charge in [-0.15, -0.1) is 11.3 Å². The third-order valence-corrected chi connectivity index (χ3v) is 5.04. The number of rotatable bonds is 3. The van der Waals surface area contributed by atoms with Crippen molar-refractivity contribution >= 4 is 28.0 Å². The van der Waals surface area contributed by atoms with Crippen LogP contribution in [-0.4, -0.2) is 37.4 Å². The van der Waals surface area contributed by atoms with Crippen LogP contribution in [0.25, 0.3) is 16.0 Å². The van der Waals surface area contributed by atoms with Crippen LogP contribution in [0.15, 0.2) is 24.3 Å². The fourth-order valence-corrected chi connectivity index (χ4v) is 3.79. The molecule has 1 N–H and O–H groups in total. The number of aryl methyl sites for hydroxylation is 1. The van der Waals surface area contributed by atoms with E-state index in [1.807, 2.05) is 36.1 Å². The maximum Gasteiger partial charge on any atom is 0.345 e. The first-order chi connectivity index (χ1) is 11.1. The molecular weight excluding hydrogens is 312 g/mol. The Labute approximate surface area is 138 Å². The van der Waals surface area contributed by atoms with Crippen LogP contribution in [0.1, 0.15) is 15.2 Å². The summed E-state index contributed by atoms with van der Waals surface area (Å²) in [6.07, 6.45) is 0. The Morgan fingerprint density at radius 1 is 1.30 bits per heavy atom. The van der Waals surface area contributed by atoms with Crippen LogP contribution in [0, 0.1) is 13.5 Å². The van der Waals surface area contributed by atoms with Crippen molar-refractivity contribution < 1.29 is 14.6 Å². The second kappa shape index (κ2) is 6.41. The van der Waals surface area contributed by atoms with E-state index in [1.165, 1.54) is 11.3 Å². The van der Waals surface area contributed by atoms with Crippen LogP contribution in [0.2, 0.25) is 0 Å². The van der Waals surface area contributed by atoms with E-state index < -0.39 is 5.97 Å². The van der Waals surface area contributed by atoms with Gasteiger partial charge in [-0.25, -0.2) is 9.64 Å². The molecule has 1 aromatic heterocycles. The number of anilines is 1. The predicted molar refractivity (Wildman–Crippen MR) is 90.7 cm³/mol. The molecule has 3 rings (SSSR count). The SMILES string of the molecule is [C-]#[N+]c1c(N2CCOCC2)sc(C(=O)O)c1-c1ccc(C)cc1. The number of aromatic carboxylic acids is 1. The summed E-state index contributed by atoms with van der Waals surface area (Å²) in [6, 6.07) is 7.62. The minimum absolute atomic E-state index is 0.223. The summed E-state index contributed by atoms with van der Waals surface area (Å²) in [5, 5.41) is 10.3. The van der Waals surface area contributed by atoms with Crippen LogP contribution in [0.4, 0.5) is 10.7 Å². The quantitative estimate of drug-likeness (QED) is 0.871. The first kappa shape index (κ1) is 15.5. The summed E-state index contributed by atoms with van der Waals surface area (Å²) < 4.78 is 5.35. The minimum atomic E-state index is -0.991. The molecule has 2 aromatic rings. The molecule has 1 fully saturated rings. The molecule has 0 radical (unpaired) electrons. The van der Waals surface area contributed by atoms with Crippen molar-refractivity contribution in [2.75, 3.05) is 31.2 Å². The zero-order valence-corrected chi connectivity index (χ0v) is 13.5. The van der Waals surface area contributed by atoms with Crippen molar-refractivity contribution in [3.05, 3.63) is 46.1 Å². The molecule has 0 atom stereocenters. The Kier molecular flexibility index (Phi) is 4.33. The van der Waals surface area contributed by atoms with Gasteiger partial charge < -0.3 is 14.7 Å². The van der Waals surface area contributed by atoms with E-state index in [0.29, 0.717) is 37.6 Å². The first-order valence-electron chi connectivity index (χ1n) is 7.29. The van der Waals surface area contributed by atoms with E-state index in [1.54, 1.807) is 0 Å². The number of hydrogen-bond acceptors (Lipinski definition) is 4. The highest BCUT2D eigenvalue weighted by Gasteiger charge is 2.27. The van der Waals surface area contributed by atoms with Gasteiger partial charge in [-0.3, -0.25) is 0 Å². The molecule has 1 aliphatic rings. The van der Waals surface area contributed by atoms with Crippen molar-refractivity contribution in [1.29, 1.82) is 0 Å². The Morgan fingerprint density at radius 3 is 2.52 bits per heavy atom. The van der Waals surface area contributed by atoms with Gasteiger partial charge in [0.25, 0.3) is 0 Å². The standard InChI is InChI=1S/C17H16N2O3S/c1-11-3-5-12(6-4-11)13-14(18-2)16(23-15(13)17(20)21)19-7-9-22-10-8-19/h3-6H,7-10H2,1H3,(H,20,21). The smallest absolute Gasteiger partial charge is 0.345 e. The molecule has 0 amide bonds. The largest absolute Gasteiger partial charge is 0.477 e. The lowest BCUT2D eigenvalue weighted by atomic mass is 10.0. The number of carboxylic acids is 1. The van der Waals surface area contributed by atoms with Gasteiger partial charge in [0.1, 0.15) is 4.88 Å². The van der Waals surface area contributed by atoms with Crippen molar-refractivity contribution in [2.45, 2.75) is 6.92 Å². The predicted octanol–water partition coefficient (Wildman–Crippen LogP) is 3.81. The maximum atomic E-state index is 11.7. The summed E-state index contributed by atoms with van der Waals surface area (Å²) >= 11 is 1.18. The fourth-order valence-electron chi connectivity index (χ4n) is 2.63. The van der Waals surface area contributed by atoms with E-state index in [9.17, 15) is 9.90 Å². The molecule has 23 heavy (non-hydrogen) atoms. The summed E-state index contributed by atoms with van der Waals surface area (Å²) in [6.45, 7) is 12.1. The van der Waals surface area contributed by atoms with Crippen molar-refractivity contribution in [3.63, 3.8) is 0 Å². The molecule has 0 bridgehead atoms. The highest BCUT2D eigenvalue weighted by atomic mass is 32.1. The van der Waals surface area contributed by atoms with Gasteiger partial charge in [-0.2, -0.15) is 0 Å². The zero-order valence-electron chi connectivity index (χ0n) is 12.7. The second-order valence-corrected chi connectivity index (χ2v) is 6.34. The fraction of sp³-hybridized carbons (Fsp3) is 0.294. The van der Waals surface area contributed by atoms with Gasteiger partial charge in [0.15, 0.2) is 0 Å². The lowest BCUT2D eigenvalue weighted by Gasteiger charge is -2.28. The average molecular weight is 328 g/mol.